The summed E-state index contributed by atoms with van der Waals surface area (Å²) in [6, 6.07) is 8.04. The summed E-state index contributed by atoms with van der Waals surface area (Å²) in [5, 5.41) is 10.1. The normalized spacial score (nSPS) is 36.1. The molecule has 3 amide bonds. The van der Waals surface area contributed by atoms with Crippen molar-refractivity contribution in [3.8, 4) is 0 Å². The Hall–Kier alpha value is -2.97. The van der Waals surface area contributed by atoms with Gasteiger partial charge in [-0.25, -0.2) is 0 Å². The van der Waals surface area contributed by atoms with Crippen LogP contribution in [0.15, 0.2) is 54.6 Å². The summed E-state index contributed by atoms with van der Waals surface area (Å²) in [7, 11) is 0. The van der Waals surface area contributed by atoms with Crippen LogP contribution in [0.4, 0.5) is 5.69 Å². The summed E-state index contributed by atoms with van der Waals surface area (Å²) in [5.74, 6) is -2.32. The van der Waals surface area contributed by atoms with Crippen LogP contribution in [0, 0.1) is 11.8 Å². The van der Waals surface area contributed by atoms with Gasteiger partial charge in [0.1, 0.15) is 11.6 Å². The highest BCUT2D eigenvalue weighted by molar-refractivity contribution is 6.04. The lowest BCUT2D eigenvalue weighted by Gasteiger charge is -2.41. The van der Waals surface area contributed by atoms with Crippen LogP contribution in [0.3, 0.4) is 0 Å². The van der Waals surface area contributed by atoms with Crippen molar-refractivity contribution in [1.82, 2.24) is 9.80 Å². The maximum atomic E-state index is 14.4. The number of carbonyl (C=O) groups is 3. The number of amides is 3. The van der Waals surface area contributed by atoms with Crippen molar-refractivity contribution in [3.05, 3.63) is 54.6 Å². The molecule has 38 heavy (non-hydrogen) atoms. The SMILES string of the molecule is C[C@H](CO)N1C(=O)[C@@H]2[C@H]3C(=O)N(c4ccccc4)CC=C[C@@]3(C)O[C@@]23C=CCN(C2CCCCC2)C(=O)C13. The molecule has 0 radical (unpaired) electrons. The van der Waals surface area contributed by atoms with Crippen LogP contribution >= 0.6 is 0 Å². The molecular formula is C30H37N3O5. The molecule has 0 aromatic heterocycles. The fourth-order valence-electron chi connectivity index (χ4n) is 7.60. The largest absolute Gasteiger partial charge is 0.394 e. The minimum absolute atomic E-state index is 0.119. The Morgan fingerprint density at radius 1 is 0.947 bits per heavy atom. The van der Waals surface area contributed by atoms with E-state index in [1.807, 2.05) is 66.5 Å². The minimum atomic E-state index is -1.29. The Morgan fingerprint density at radius 3 is 2.37 bits per heavy atom. The quantitative estimate of drug-likeness (QED) is 0.618. The third-order valence-corrected chi connectivity index (χ3v) is 9.35. The Bertz CT molecular complexity index is 1180. The number of para-hydroxylation sites is 1. The number of benzene rings is 1. The lowest BCUT2D eigenvalue weighted by Crippen LogP contribution is -2.59. The Balaban J connectivity index is 1.46. The third kappa shape index (κ3) is 3.60. The Morgan fingerprint density at radius 2 is 1.66 bits per heavy atom. The summed E-state index contributed by atoms with van der Waals surface area (Å²) in [5.41, 5.74) is -1.59. The Kier molecular flexibility index (Phi) is 6.23. The number of fused-ring (bicyclic) bond motifs is 2. The predicted octanol–water partition coefficient (Wildman–Crippen LogP) is 2.67. The summed E-state index contributed by atoms with van der Waals surface area (Å²) in [6.45, 7) is 4.16. The van der Waals surface area contributed by atoms with Crippen LogP contribution < -0.4 is 4.90 Å². The van der Waals surface area contributed by atoms with Crippen molar-refractivity contribution < 1.29 is 24.2 Å². The van der Waals surface area contributed by atoms with E-state index >= 15 is 0 Å². The Labute approximate surface area is 223 Å². The van der Waals surface area contributed by atoms with Crippen LogP contribution in [-0.4, -0.2) is 81.7 Å². The highest BCUT2D eigenvalue weighted by Crippen LogP contribution is 2.58. The monoisotopic (exact) mass is 519 g/mol. The molecular weight excluding hydrogens is 482 g/mol. The molecule has 202 valence electrons. The van der Waals surface area contributed by atoms with Gasteiger partial charge in [-0.3, -0.25) is 14.4 Å². The molecule has 4 heterocycles. The van der Waals surface area contributed by atoms with Crippen molar-refractivity contribution >= 4 is 23.4 Å². The summed E-state index contributed by atoms with van der Waals surface area (Å²) >= 11 is 0. The predicted molar refractivity (Wildman–Crippen MR) is 142 cm³/mol. The molecule has 1 saturated carbocycles. The standard InChI is InChI=1S/C30H37N3O5/c1-20(19-34)33-25-28(37)32(22-13-7-4-8-14-22)18-10-16-30(25)24(27(33)36)23-26(35)31(21-11-5-3-6-12-21)17-9-15-29(23,2)38-30/h3,5-6,9-12,15-16,20,22-25,34H,4,7-8,13-14,17-19H2,1-2H3/t20-,23+,24+,25?,29-,30+/m1/s1. The number of aliphatic hydroxyl groups is 1. The third-order valence-electron chi connectivity index (χ3n) is 9.35. The molecule has 8 heteroatoms. The average molecular weight is 520 g/mol. The number of ether oxygens (including phenoxy) is 1. The zero-order valence-electron chi connectivity index (χ0n) is 22.2. The van der Waals surface area contributed by atoms with Gasteiger partial charge in [0.15, 0.2) is 0 Å². The number of carbonyl (C=O) groups excluding carboxylic acids is 3. The highest BCUT2D eigenvalue weighted by atomic mass is 16.5. The van der Waals surface area contributed by atoms with Gasteiger partial charge in [-0.05, 0) is 38.8 Å². The van der Waals surface area contributed by atoms with Crippen molar-refractivity contribution in [2.75, 3.05) is 24.6 Å². The van der Waals surface area contributed by atoms with Crippen molar-refractivity contribution in [2.24, 2.45) is 11.8 Å². The first kappa shape index (κ1) is 25.3. The van der Waals surface area contributed by atoms with Gasteiger partial charge in [-0.15, -0.1) is 0 Å². The molecule has 6 rings (SSSR count). The van der Waals surface area contributed by atoms with Gasteiger partial charge in [0.25, 0.3) is 0 Å². The lowest BCUT2D eigenvalue weighted by molar-refractivity contribution is -0.155. The fraction of sp³-hybridized carbons (Fsp3) is 0.567. The van der Waals surface area contributed by atoms with Crippen LogP contribution in [-0.2, 0) is 19.1 Å². The van der Waals surface area contributed by atoms with Gasteiger partial charge < -0.3 is 24.5 Å². The number of hydrogen-bond donors (Lipinski definition) is 1. The number of nitrogens with zero attached hydrogens (tertiary/aromatic N) is 3. The molecule has 1 aromatic carbocycles. The molecule has 8 nitrogen and oxygen atoms in total. The molecule has 1 aliphatic carbocycles. The van der Waals surface area contributed by atoms with E-state index in [1.54, 1.807) is 11.8 Å². The fourth-order valence-corrected chi connectivity index (χ4v) is 7.60. The van der Waals surface area contributed by atoms with Crippen molar-refractivity contribution in [2.45, 2.75) is 75.3 Å². The summed E-state index contributed by atoms with van der Waals surface area (Å²) in [4.78, 5) is 48.1. The van der Waals surface area contributed by atoms with Crippen LogP contribution in [0.2, 0.25) is 0 Å². The molecule has 1 aromatic rings. The number of aliphatic hydroxyl groups excluding tert-OH is 1. The zero-order valence-corrected chi connectivity index (χ0v) is 22.2. The molecule has 0 bridgehead atoms. The second-order valence-electron chi connectivity index (χ2n) is 11.6. The van der Waals surface area contributed by atoms with Gasteiger partial charge in [-0.1, -0.05) is 61.8 Å². The number of hydrogen-bond acceptors (Lipinski definition) is 5. The molecule has 2 saturated heterocycles. The van der Waals surface area contributed by atoms with E-state index in [9.17, 15) is 19.5 Å². The first-order chi connectivity index (χ1) is 18.3. The van der Waals surface area contributed by atoms with Crippen LogP contribution in [0.1, 0.15) is 46.0 Å². The van der Waals surface area contributed by atoms with E-state index in [0.717, 1.165) is 31.4 Å². The molecule has 1 spiro atoms. The van der Waals surface area contributed by atoms with Crippen molar-refractivity contribution in [3.63, 3.8) is 0 Å². The van der Waals surface area contributed by atoms with E-state index in [4.69, 9.17) is 4.74 Å². The van der Waals surface area contributed by atoms with Crippen molar-refractivity contribution in [1.29, 1.82) is 0 Å². The smallest absolute Gasteiger partial charge is 0.249 e. The van der Waals surface area contributed by atoms with Gasteiger partial charge in [-0.2, -0.15) is 0 Å². The van der Waals surface area contributed by atoms with Gasteiger partial charge >= 0.3 is 0 Å². The first-order valence-corrected chi connectivity index (χ1v) is 14.0. The highest BCUT2D eigenvalue weighted by Gasteiger charge is 2.75. The first-order valence-electron chi connectivity index (χ1n) is 14.0. The summed E-state index contributed by atoms with van der Waals surface area (Å²) < 4.78 is 6.87. The van der Waals surface area contributed by atoms with E-state index in [2.05, 4.69) is 0 Å². The van der Waals surface area contributed by atoms with E-state index < -0.39 is 35.1 Å². The summed E-state index contributed by atoms with van der Waals surface area (Å²) in [6.07, 6.45) is 12.9. The van der Waals surface area contributed by atoms with Gasteiger partial charge in [0, 0.05) is 24.8 Å². The lowest BCUT2D eigenvalue weighted by atomic mass is 9.74. The molecule has 1 unspecified atom stereocenters. The maximum absolute atomic E-state index is 14.4. The number of likely N-dealkylation sites (tertiary alicyclic amines) is 1. The van der Waals surface area contributed by atoms with Gasteiger partial charge in [0.2, 0.25) is 17.7 Å². The minimum Gasteiger partial charge on any atom is -0.394 e. The topological polar surface area (TPSA) is 90.4 Å². The average Bonchev–Trinajstić information content (AvgIpc) is 3.21. The molecule has 6 atom stereocenters. The van der Waals surface area contributed by atoms with Crippen LogP contribution in [0.25, 0.3) is 0 Å². The number of anilines is 1. The molecule has 3 fully saturated rings. The second kappa shape index (κ2) is 9.35. The van der Waals surface area contributed by atoms with E-state index in [-0.39, 0.29) is 30.4 Å². The molecule has 5 aliphatic rings. The zero-order chi connectivity index (χ0) is 26.7. The number of rotatable bonds is 4. The molecule has 1 N–H and O–H groups in total. The van der Waals surface area contributed by atoms with E-state index in [1.165, 1.54) is 11.3 Å². The van der Waals surface area contributed by atoms with Gasteiger partial charge in [0.05, 0.1) is 30.1 Å². The maximum Gasteiger partial charge on any atom is 0.249 e. The molecule has 4 aliphatic heterocycles. The van der Waals surface area contributed by atoms with E-state index in [0.29, 0.717) is 13.1 Å². The van der Waals surface area contributed by atoms with Crippen LogP contribution in [0.5, 0.6) is 0 Å². The second-order valence-corrected chi connectivity index (χ2v) is 11.6.